The van der Waals surface area contributed by atoms with Gasteiger partial charge in [-0.3, -0.25) is 9.78 Å². The number of nitrogens with zero attached hydrogens (tertiary/aromatic N) is 2. The van der Waals surface area contributed by atoms with Crippen LogP contribution in [-0.2, 0) is 4.79 Å². The Bertz CT molecular complexity index is 683. The van der Waals surface area contributed by atoms with Gasteiger partial charge in [0.1, 0.15) is 5.75 Å². The predicted molar refractivity (Wildman–Crippen MR) is 90.2 cm³/mol. The van der Waals surface area contributed by atoms with Crippen LogP contribution in [0.15, 0.2) is 48.7 Å². The minimum absolute atomic E-state index is 0.0516. The number of amides is 1. The van der Waals surface area contributed by atoms with E-state index >= 15 is 0 Å². The highest BCUT2D eigenvalue weighted by atomic mass is 16.5. The third-order valence-electron chi connectivity index (χ3n) is 4.36. The highest BCUT2D eigenvalue weighted by molar-refractivity contribution is 5.79. The molecular weight excluding hydrogens is 288 g/mol. The second kappa shape index (κ2) is 6.41. The molecule has 120 valence electrons. The lowest BCUT2D eigenvalue weighted by molar-refractivity contribution is -0.136. The Morgan fingerprint density at radius 2 is 2.13 bits per heavy atom. The first kappa shape index (κ1) is 15.5. The van der Waals surface area contributed by atoms with E-state index in [1.54, 1.807) is 6.20 Å². The van der Waals surface area contributed by atoms with Gasteiger partial charge >= 0.3 is 0 Å². The van der Waals surface area contributed by atoms with Crippen LogP contribution in [0, 0.1) is 0 Å². The monoisotopic (exact) mass is 310 g/mol. The van der Waals surface area contributed by atoms with Crippen LogP contribution in [0.1, 0.15) is 26.7 Å². The van der Waals surface area contributed by atoms with Gasteiger partial charge in [0.25, 0.3) is 5.91 Å². The Balaban J connectivity index is 1.66. The average Bonchev–Trinajstić information content (AvgIpc) is 2.93. The zero-order chi connectivity index (χ0) is 16.3. The summed E-state index contributed by atoms with van der Waals surface area (Å²) < 4.78 is 5.72. The van der Waals surface area contributed by atoms with Crippen LogP contribution in [-0.4, -0.2) is 34.5 Å². The molecule has 1 saturated heterocycles. The molecule has 1 aromatic heterocycles. The van der Waals surface area contributed by atoms with E-state index in [1.807, 2.05) is 47.4 Å². The predicted octanol–water partition coefficient (Wildman–Crippen LogP) is 3.53. The summed E-state index contributed by atoms with van der Waals surface area (Å²) in [6.07, 6.45) is 3.88. The third kappa shape index (κ3) is 3.52. The molecule has 0 N–H and O–H groups in total. The van der Waals surface area contributed by atoms with Crippen molar-refractivity contribution in [3.05, 3.63) is 48.7 Å². The smallest absolute Gasteiger partial charge is 0.260 e. The molecule has 1 fully saturated rings. The summed E-state index contributed by atoms with van der Waals surface area (Å²) in [6.45, 7) is 5.12. The molecule has 1 aliphatic rings. The number of hydrogen-bond acceptors (Lipinski definition) is 3. The maximum absolute atomic E-state index is 12.4. The van der Waals surface area contributed by atoms with E-state index in [-0.39, 0.29) is 18.1 Å². The molecule has 0 saturated carbocycles. The Morgan fingerprint density at radius 1 is 1.26 bits per heavy atom. The number of carbonyl (C=O) groups excluding carboxylic acids is 1. The fraction of sp³-hybridized carbons (Fsp3) is 0.368. The number of likely N-dealkylation sites (tertiary alicyclic amines) is 1. The lowest BCUT2D eigenvalue weighted by atomic mass is 10.0. The summed E-state index contributed by atoms with van der Waals surface area (Å²) >= 11 is 0. The van der Waals surface area contributed by atoms with Crippen molar-refractivity contribution >= 4 is 5.91 Å². The van der Waals surface area contributed by atoms with Gasteiger partial charge in [0.2, 0.25) is 0 Å². The van der Waals surface area contributed by atoms with Crippen LogP contribution >= 0.6 is 0 Å². The summed E-state index contributed by atoms with van der Waals surface area (Å²) in [6, 6.07) is 13.5. The molecule has 4 heteroatoms. The van der Waals surface area contributed by atoms with Crippen molar-refractivity contribution in [3.63, 3.8) is 0 Å². The minimum Gasteiger partial charge on any atom is -0.484 e. The summed E-state index contributed by atoms with van der Waals surface area (Å²) in [5, 5.41) is 0. The largest absolute Gasteiger partial charge is 0.484 e. The maximum Gasteiger partial charge on any atom is 0.260 e. The first-order valence-electron chi connectivity index (χ1n) is 8.01. The van der Waals surface area contributed by atoms with Crippen LogP contribution in [0.25, 0.3) is 11.3 Å². The molecule has 1 aliphatic heterocycles. The fourth-order valence-corrected chi connectivity index (χ4v) is 3.07. The normalized spacial score (nSPS) is 16.3. The van der Waals surface area contributed by atoms with Crippen LogP contribution in [0.3, 0.4) is 0 Å². The fourth-order valence-electron chi connectivity index (χ4n) is 3.07. The highest BCUT2D eigenvalue weighted by Gasteiger charge is 2.35. The van der Waals surface area contributed by atoms with Crippen molar-refractivity contribution < 1.29 is 9.53 Å². The highest BCUT2D eigenvalue weighted by Crippen LogP contribution is 2.28. The van der Waals surface area contributed by atoms with Crippen molar-refractivity contribution in [1.29, 1.82) is 0 Å². The lowest BCUT2D eigenvalue weighted by Crippen LogP contribution is -2.44. The van der Waals surface area contributed by atoms with Gasteiger partial charge in [0.15, 0.2) is 6.61 Å². The van der Waals surface area contributed by atoms with Gasteiger partial charge in [-0.05, 0) is 51.0 Å². The summed E-state index contributed by atoms with van der Waals surface area (Å²) in [4.78, 5) is 18.6. The molecule has 0 bridgehead atoms. The molecule has 23 heavy (non-hydrogen) atoms. The van der Waals surface area contributed by atoms with Gasteiger partial charge in [0, 0.05) is 23.8 Å². The number of aromatic nitrogens is 1. The lowest BCUT2D eigenvalue weighted by Gasteiger charge is -2.31. The first-order chi connectivity index (χ1) is 11.1. The third-order valence-corrected chi connectivity index (χ3v) is 4.36. The van der Waals surface area contributed by atoms with Gasteiger partial charge in [-0.1, -0.05) is 18.2 Å². The molecule has 0 radical (unpaired) electrons. The number of hydrogen-bond donors (Lipinski definition) is 0. The zero-order valence-corrected chi connectivity index (χ0v) is 13.7. The number of ether oxygens (including phenoxy) is 1. The number of carbonyl (C=O) groups is 1. The van der Waals surface area contributed by atoms with E-state index in [4.69, 9.17) is 4.74 Å². The number of benzene rings is 1. The van der Waals surface area contributed by atoms with Crippen molar-refractivity contribution in [3.8, 4) is 17.0 Å². The Labute approximate surface area is 137 Å². The molecular formula is C19H22N2O2. The van der Waals surface area contributed by atoms with Crippen LogP contribution in [0.2, 0.25) is 0 Å². The molecule has 0 aliphatic carbocycles. The molecule has 0 atom stereocenters. The van der Waals surface area contributed by atoms with Gasteiger partial charge < -0.3 is 9.64 Å². The standard InChI is InChI=1S/C19H22N2O2/c1-19(2)10-6-12-21(19)18(22)14-23-16-8-5-7-15(13-16)17-9-3-4-11-20-17/h3-5,7-9,11,13H,6,10,12,14H2,1-2H3. The van der Waals surface area contributed by atoms with Gasteiger partial charge in [-0.25, -0.2) is 0 Å². The Hall–Kier alpha value is -2.36. The Kier molecular flexibility index (Phi) is 4.33. The van der Waals surface area contributed by atoms with Crippen molar-refractivity contribution in [2.45, 2.75) is 32.2 Å². The topological polar surface area (TPSA) is 42.4 Å². The molecule has 1 aromatic carbocycles. The molecule has 3 rings (SSSR count). The zero-order valence-electron chi connectivity index (χ0n) is 13.7. The minimum atomic E-state index is -0.0593. The molecule has 2 heterocycles. The SMILES string of the molecule is CC1(C)CCCN1C(=O)COc1cccc(-c2ccccn2)c1. The van der Waals surface area contributed by atoms with Crippen molar-refractivity contribution in [2.75, 3.05) is 13.2 Å². The number of rotatable bonds is 4. The molecule has 1 amide bonds. The number of pyridine rings is 1. The molecule has 4 nitrogen and oxygen atoms in total. The van der Waals surface area contributed by atoms with E-state index in [0.717, 1.165) is 30.6 Å². The summed E-state index contributed by atoms with van der Waals surface area (Å²) in [7, 11) is 0. The second-order valence-corrected chi connectivity index (χ2v) is 6.49. The quantitative estimate of drug-likeness (QED) is 0.867. The van der Waals surface area contributed by atoms with Gasteiger partial charge in [-0.15, -0.1) is 0 Å². The average molecular weight is 310 g/mol. The molecule has 0 unspecified atom stereocenters. The van der Waals surface area contributed by atoms with Gasteiger partial charge in [0.05, 0.1) is 5.69 Å². The Morgan fingerprint density at radius 3 is 2.83 bits per heavy atom. The van der Waals surface area contributed by atoms with Crippen molar-refractivity contribution in [1.82, 2.24) is 9.88 Å². The van der Waals surface area contributed by atoms with Crippen LogP contribution in [0.5, 0.6) is 5.75 Å². The van der Waals surface area contributed by atoms with E-state index in [0.29, 0.717) is 5.75 Å². The van der Waals surface area contributed by atoms with E-state index < -0.39 is 0 Å². The van der Waals surface area contributed by atoms with E-state index in [9.17, 15) is 4.79 Å². The summed E-state index contributed by atoms with van der Waals surface area (Å²) in [5.41, 5.74) is 1.82. The van der Waals surface area contributed by atoms with Gasteiger partial charge in [-0.2, -0.15) is 0 Å². The molecule has 2 aromatic rings. The van der Waals surface area contributed by atoms with Crippen LogP contribution in [0.4, 0.5) is 0 Å². The van der Waals surface area contributed by atoms with E-state index in [1.165, 1.54) is 0 Å². The van der Waals surface area contributed by atoms with E-state index in [2.05, 4.69) is 18.8 Å². The summed E-state index contributed by atoms with van der Waals surface area (Å²) in [5.74, 6) is 0.745. The van der Waals surface area contributed by atoms with Crippen molar-refractivity contribution in [2.24, 2.45) is 0 Å². The van der Waals surface area contributed by atoms with Crippen LogP contribution < -0.4 is 4.74 Å². The maximum atomic E-state index is 12.4. The first-order valence-corrected chi connectivity index (χ1v) is 8.01. The molecule has 0 spiro atoms. The second-order valence-electron chi connectivity index (χ2n) is 6.49.